The Morgan fingerprint density at radius 2 is 1.95 bits per heavy atom. The summed E-state index contributed by atoms with van der Waals surface area (Å²) in [6.45, 7) is 0. The van der Waals surface area contributed by atoms with E-state index in [1.54, 1.807) is 19.3 Å². The van der Waals surface area contributed by atoms with Gasteiger partial charge in [-0.3, -0.25) is 4.98 Å². The van der Waals surface area contributed by atoms with E-state index in [9.17, 15) is 13.2 Å². The van der Waals surface area contributed by atoms with E-state index in [1.165, 1.54) is 6.20 Å². The normalized spacial score (nSPS) is 13.5. The first-order chi connectivity index (χ1) is 9.32. The minimum Gasteiger partial charge on any atom is -0.307 e. The molecule has 0 amide bonds. The van der Waals surface area contributed by atoms with Crippen molar-refractivity contribution in [3.05, 3.63) is 43.0 Å². The molecule has 2 aromatic heterocycles. The fourth-order valence-corrected chi connectivity index (χ4v) is 3.72. The zero-order chi connectivity index (χ0) is 14.9. The Bertz CT molecular complexity index is 615. The molecule has 20 heavy (non-hydrogen) atoms. The summed E-state index contributed by atoms with van der Waals surface area (Å²) < 4.78 is 39.3. The van der Waals surface area contributed by atoms with Gasteiger partial charge in [-0.15, -0.1) is 11.3 Å². The minimum absolute atomic E-state index is 0.453. The van der Waals surface area contributed by atoms with Crippen LogP contribution in [0.25, 0.3) is 0 Å². The molecule has 9 heteroatoms. The van der Waals surface area contributed by atoms with Gasteiger partial charge in [-0.1, -0.05) is 0 Å². The van der Waals surface area contributed by atoms with Crippen LogP contribution in [0.5, 0.6) is 0 Å². The van der Waals surface area contributed by atoms with Gasteiger partial charge in [0.25, 0.3) is 0 Å². The molecule has 3 nitrogen and oxygen atoms in total. The first kappa shape index (κ1) is 15.9. The molecule has 0 radical (unpaired) electrons. The molecule has 0 aromatic carbocycles. The van der Waals surface area contributed by atoms with Gasteiger partial charge in [-0.05, 0) is 45.0 Å². The lowest BCUT2D eigenvalue weighted by Gasteiger charge is -2.15. The molecule has 0 aliphatic carbocycles. The van der Waals surface area contributed by atoms with Gasteiger partial charge in [0.15, 0.2) is 5.01 Å². The second-order valence-electron chi connectivity index (χ2n) is 3.81. The number of nitrogens with one attached hydrogen (secondary N) is 1. The predicted molar refractivity (Wildman–Crippen MR) is 77.7 cm³/mol. The largest absolute Gasteiger partial charge is 0.443 e. The van der Waals surface area contributed by atoms with Gasteiger partial charge >= 0.3 is 6.18 Å². The SMILES string of the molecule is CNC(c1cnc(C(F)(F)F)s1)c1ncc(Br)cc1Br. The lowest BCUT2D eigenvalue weighted by molar-refractivity contribution is -0.137. The fraction of sp³-hybridized carbons (Fsp3) is 0.273. The maximum absolute atomic E-state index is 12.6. The third-order valence-electron chi connectivity index (χ3n) is 2.45. The van der Waals surface area contributed by atoms with Crippen LogP contribution in [0.1, 0.15) is 21.6 Å². The van der Waals surface area contributed by atoms with E-state index in [-0.39, 0.29) is 0 Å². The van der Waals surface area contributed by atoms with E-state index in [0.29, 0.717) is 26.4 Å². The topological polar surface area (TPSA) is 37.8 Å². The number of alkyl halides is 3. The highest BCUT2D eigenvalue weighted by Gasteiger charge is 2.35. The van der Waals surface area contributed by atoms with Crippen molar-refractivity contribution in [2.75, 3.05) is 7.05 Å². The monoisotopic (exact) mass is 429 g/mol. The average molecular weight is 431 g/mol. The molecule has 2 rings (SSSR count). The summed E-state index contributed by atoms with van der Waals surface area (Å²) in [5.74, 6) is 0. The van der Waals surface area contributed by atoms with Crippen LogP contribution >= 0.6 is 43.2 Å². The smallest absolute Gasteiger partial charge is 0.307 e. The van der Waals surface area contributed by atoms with Gasteiger partial charge in [0.1, 0.15) is 0 Å². The summed E-state index contributed by atoms with van der Waals surface area (Å²) in [7, 11) is 1.66. The van der Waals surface area contributed by atoms with Crippen molar-refractivity contribution in [2.45, 2.75) is 12.2 Å². The zero-order valence-corrected chi connectivity index (χ0v) is 14.0. The highest BCUT2D eigenvalue weighted by Crippen LogP contribution is 2.37. The van der Waals surface area contributed by atoms with Crippen molar-refractivity contribution in [3.63, 3.8) is 0 Å². The summed E-state index contributed by atoms with van der Waals surface area (Å²) in [5, 5.41) is 2.09. The van der Waals surface area contributed by atoms with Crippen molar-refractivity contribution in [3.8, 4) is 0 Å². The average Bonchev–Trinajstić information content (AvgIpc) is 2.82. The third kappa shape index (κ3) is 3.38. The molecule has 0 aliphatic rings. The third-order valence-corrected chi connectivity index (χ3v) is 4.62. The van der Waals surface area contributed by atoms with Crippen LogP contribution in [0.4, 0.5) is 13.2 Å². The van der Waals surface area contributed by atoms with E-state index in [1.807, 2.05) is 0 Å². The van der Waals surface area contributed by atoms with Crippen LogP contribution in [0.2, 0.25) is 0 Å². The van der Waals surface area contributed by atoms with Crippen molar-refractivity contribution < 1.29 is 13.2 Å². The lowest BCUT2D eigenvalue weighted by atomic mass is 10.1. The molecule has 2 heterocycles. The fourth-order valence-electron chi connectivity index (χ4n) is 1.60. The Kier molecular flexibility index (Phi) is 4.83. The maximum atomic E-state index is 12.6. The molecule has 1 atom stereocenters. The molecule has 1 unspecified atom stereocenters. The number of hydrogen-bond acceptors (Lipinski definition) is 4. The van der Waals surface area contributed by atoms with E-state index in [4.69, 9.17) is 0 Å². The quantitative estimate of drug-likeness (QED) is 0.784. The van der Waals surface area contributed by atoms with Crippen LogP contribution in [0.3, 0.4) is 0 Å². The number of hydrogen-bond donors (Lipinski definition) is 1. The van der Waals surface area contributed by atoms with Crippen LogP contribution in [-0.2, 0) is 6.18 Å². The Hall–Kier alpha value is -0.510. The number of halogens is 5. The summed E-state index contributed by atoms with van der Waals surface area (Å²) in [6.07, 6.45) is -1.60. The highest BCUT2D eigenvalue weighted by atomic mass is 79.9. The van der Waals surface area contributed by atoms with E-state index in [0.717, 1.165) is 4.47 Å². The standard InChI is InChI=1S/C11H8Br2F3N3S/c1-17-9(8-6(13)2-5(12)3-18-8)7-4-19-10(20-7)11(14,15)16/h2-4,9,17H,1H3. The van der Waals surface area contributed by atoms with E-state index >= 15 is 0 Å². The van der Waals surface area contributed by atoms with Gasteiger partial charge in [0.05, 0.1) is 11.7 Å². The van der Waals surface area contributed by atoms with E-state index in [2.05, 4.69) is 47.1 Å². The summed E-state index contributed by atoms with van der Waals surface area (Å²) in [6, 6.07) is 1.34. The molecule has 108 valence electrons. The lowest BCUT2D eigenvalue weighted by Crippen LogP contribution is -2.18. The van der Waals surface area contributed by atoms with Gasteiger partial charge in [0, 0.05) is 26.2 Å². The number of aromatic nitrogens is 2. The van der Waals surface area contributed by atoms with Crippen molar-refractivity contribution in [2.24, 2.45) is 0 Å². The van der Waals surface area contributed by atoms with Gasteiger partial charge < -0.3 is 5.32 Å². The Morgan fingerprint density at radius 3 is 2.45 bits per heavy atom. The Labute approximate surface area is 133 Å². The van der Waals surface area contributed by atoms with Crippen LogP contribution in [0.15, 0.2) is 27.4 Å². The molecular formula is C11H8Br2F3N3S. The van der Waals surface area contributed by atoms with Crippen LogP contribution in [0, 0.1) is 0 Å². The summed E-state index contributed by atoms with van der Waals surface area (Å²) in [5.41, 5.74) is 0.605. The van der Waals surface area contributed by atoms with Crippen molar-refractivity contribution >= 4 is 43.2 Å². The summed E-state index contributed by atoms with van der Waals surface area (Å²) in [4.78, 5) is 8.12. The maximum Gasteiger partial charge on any atom is 0.443 e. The summed E-state index contributed by atoms with van der Waals surface area (Å²) >= 11 is 7.25. The molecule has 0 spiro atoms. The first-order valence-corrected chi connectivity index (χ1v) is 7.74. The first-order valence-electron chi connectivity index (χ1n) is 5.34. The number of rotatable bonds is 3. The van der Waals surface area contributed by atoms with Crippen molar-refractivity contribution in [1.82, 2.24) is 15.3 Å². The van der Waals surface area contributed by atoms with Crippen LogP contribution < -0.4 is 5.32 Å². The number of pyridine rings is 1. The molecule has 0 fully saturated rings. The molecule has 0 bridgehead atoms. The number of nitrogens with zero attached hydrogens (tertiary/aromatic N) is 2. The second-order valence-corrected chi connectivity index (χ2v) is 6.64. The van der Waals surface area contributed by atoms with Gasteiger partial charge in [-0.2, -0.15) is 13.2 Å². The molecule has 1 N–H and O–H groups in total. The molecule has 0 saturated carbocycles. The van der Waals surface area contributed by atoms with Crippen LogP contribution in [-0.4, -0.2) is 17.0 Å². The van der Waals surface area contributed by atoms with Gasteiger partial charge in [-0.25, -0.2) is 4.98 Å². The van der Waals surface area contributed by atoms with E-state index < -0.39 is 17.2 Å². The molecule has 0 aliphatic heterocycles. The second kappa shape index (κ2) is 6.08. The highest BCUT2D eigenvalue weighted by molar-refractivity contribution is 9.11. The Balaban J connectivity index is 2.40. The molecular weight excluding hydrogens is 423 g/mol. The number of thiazole rings is 1. The van der Waals surface area contributed by atoms with Crippen molar-refractivity contribution in [1.29, 1.82) is 0 Å². The van der Waals surface area contributed by atoms with Gasteiger partial charge in [0.2, 0.25) is 0 Å². The molecule has 2 aromatic rings. The minimum atomic E-state index is -4.43. The molecule has 0 saturated heterocycles. The predicted octanol–water partition coefficient (Wildman–Crippen LogP) is 4.39. The Morgan fingerprint density at radius 1 is 1.25 bits per heavy atom. The zero-order valence-electron chi connectivity index (χ0n) is 10.0.